The number of ether oxygens (including phenoxy) is 4. The highest BCUT2D eigenvalue weighted by molar-refractivity contribution is 4.92. The molecule has 0 aromatic rings. The van der Waals surface area contributed by atoms with Gasteiger partial charge in [-0.2, -0.15) is 0 Å². The summed E-state index contributed by atoms with van der Waals surface area (Å²) in [5.74, 6) is -0.676. The molecule has 2 aliphatic rings. The molecule has 2 rings (SSSR count). The molecule has 1 N–H and O–H groups in total. The van der Waals surface area contributed by atoms with Crippen LogP contribution in [0.5, 0.6) is 0 Å². The van der Waals surface area contributed by atoms with E-state index in [1.807, 2.05) is 13.8 Å². The number of aliphatic hydroxyl groups is 1. The molecule has 0 bridgehead atoms. The Balaban J connectivity index is 1.78. The third-order valence-electron chi connectivity index (χ3n) is 3.04. The Kier molecular flexibility index (Phi) is 4.05. The molecular weight excluding hydrogens is 224 g/mol. The standard InChI is InChI=1S/C12H22O5/c1-4-5-6-14-7-8-9(13)10-11(15-8)17-12(2,3)16-10/h8-11,13H,4-7H2,1-3H3/t8-,9+,10?,11-/m1/s1. The van der Waals surface area contributed by atoms with Crippen molar-refractivity contribution >= 4 is 0 Å². The summed E-state index contributed by atoms with van der Waals surface area (Å²) in [6.07, 6.45) is 0.223. The van der Waals surface area contributed by atoms with Gasteiger partial charge < -0.3 is 24.1 Å². The van der Waals surface area contributed by atoms with Gasteiger partial charge in [-0.3, -0.25) is 0 Å². The molecule has 100 valence electrons. The maximum Gasteiger partial charge on any atom is 0.190 e. The lowest BCUT2D eigenvalue weighted by molar-refractivity contribution is -0.220. The minimum absolute atomic E-state index is 0.349. The average molecular weight is 246 g/mol. The predicted molar refractivity (Wildman–Crippen MR) is 60.4 cm³/mol. The van der Waals surface area contributed by atoms with Gasteiger partial charge in [-0.1, -0.05) is 13.3 Å². The molecule has 0 radical (unpaired) electrons. The van der Waals surface area contributed by atoms with Gasteiger partial charge in [-0.05, 0) is 20.3 Å². The Morgan fingerprint density at radius 3 is 2.71 bits per heavy atom. The Morgan fingerprint density at radius 1 is 1.29 bits per heavy atom. The molecule has 0 aromatic carbocycles. The van der Waals surface area contributed by atoms with Crippen molar-refractivity contribution in [1.82, 2.24) is 0 Å². The van der Waals surface area contributed by atoms with E-state index in [-0.39, 0.29) is 6.10 Å². The highest BCUT2D eigenvalue weighted by atomic mass is 16.8. The van der Waals surface area contributed by atoms with Gasteiger partial charge in [0.1, 0.15) is 18.3 Å². The van der Waals surface area contributed by atoms with Crippen LogP contribution in [-0.4, -0.2) is 48.7 Å². The first kappa shape index (κ1) is 13.2. The van der Waals surface area contributed by atoms with Gasteiger partial charge in [0.05, 0.1) is 6.61 Å². The molecule has 0 aromatic heterocycles. The molecule has 17 heavy (non-hydrogen) atoms. The second kappa shape index (κ2) is 5.20. The summed E-state index contributed by atoms with van der Waals surface area (Å²) in [7, 11) is 0. The number of hydrogen-bond acceptors (Lipinski definition) is 5. The predicted octanol–water partition coefficient (Wildman–Crippen LogP) is 1.04. The van der Waals surface area contributed by atoms with Gasteiger partial charge in [-0.25, -0.2) is 0 Å². The van der Waals surface area contributed by atoms with Crippen molar-refractivity contribution in [2.24, 2.45) is 0 Å². The zero-order chi connectivity index (χ0) is 12.5. The molecular formula is C12H22O5. The van der Waals surface area contributed by atoms with E-state index in [0.29, 0.717) is 13.2 Å². The van der Waals surface area contributed by atoms with E-state index < -0.39 is 24.3 Å². The molecule has 2 saturated heterocycles. The zero-order valence-corrected chi connectivity index (χ0v) is 10.7. The van der Waals surface area contributed by atoms with Gasteiger partial charge in [0.2, 0.25) is 0 Å². The highest BCUT2D eigenvalue weighted by Gasteiger charge is 2.54. The third-order valence-corrected chi connectivity index (χ3v) is 3.04. The van der Waals surface area contributed by atoms with Crippen LogP contribution in [0.1, 0.15) is 33.6 Å². The molecule has 2 aliphatic heterocycles. The molecule has 2 heterocycles. The second-order valence-electron chi connectivity index (χ2n) is 5.06. The monoisotopic (exact) mass is 246 g/mol. The number of fused-ring (bicyclic) bond motifs is 1. The fraction of sp³-hybridized carbons (Fsp3) is 1.00. The van der Waals surface area contributed by atoms with Crippen LogP contribution >= 0.6 is 0 Å². The highest BCUT2D eigenvalue weighted by Crippen LogP contribution is 2.37. The van der Waals surface area contributed by atoms with Crippen molar-refractivity contribution in [3.05, 3.63) is 0 Å². The van der Waals surface area contributed by atoms with Crippen molar-refractivity contribution in [2.45, 2.75) is 64.0 Å². The maximum atomic E-state index is 10.0. The molecule has 5 heteroatoms. The quantitative estimate of drug-likeness (QED) is 0.735. The average Bonchev–Trinajstić information content (AvgIpc) is 2.69. The van der Waals surface area contributed by atoms with Crippen LogP contribution in [0.15, 0.2) is 0 Å². The maximum absolute atomic E-state index is 10.0. The second-order valence-corrected chi connectivity index (χ2v) is 5.06. The molecule has 2 fully saturated rings. The Bertz CT molecular complexity index is 255. The minimum Gasteiger partial charge on any atom is -0.387 e. The van der Waals surface area contributed by atoms with Crippen LogP contribution in [0, 0.1) is 0 Å². The number of hydrogen-bond donors (Lipinski definition) is 1. The van der Waals surface area contributed by atoms with Crippen molar-refractivity contribution in [2.75, 3.05) is 13.2 Å². The van der Waals surface area contributed by atoms with Crippen molar-refractivity contribution < 1.29 is 24.1 Å². The first-order chi connectivity index (χ1) is 8.03. The summed E-state index contributed by atoms with van der Waals surface area (Å²) in [6, 6.07) is 0. The largest absolute Gasteiger partial charge is 0.387 e. The minimum atomic E-state index is -0.677. The molecule has 1 unspecified atom stereocenters. The fourth-order valence-corrected chi connectivity index (χ4v) is 2.14. The van der Waals surface area contributed by atoms with E-state index in [1.54, 1.807) is 0 Å². The summed E-state index contributed by atoms with van der Waals surface area (Å²) in [5.41, 5.74) is 0. The van der Waals surface area contributed by atoms with E-state index >= 15 is 0 Å². The van der Waals surface area contributed by atoms with Crippen LogP contribution in [0.25, 0.3) is 0 Å². The van der Waals surface area contributed by atoms with Gasteiger partial charge in [-0.15, -0.1) is 0 Å². The van der Waals surface area contributed by atoms with Gasteiger partial charge in [0, 0.05) is 6.61 Å². The first-order valence-corrected chi connectivity index (χ1v) is 6.30. The lowest BCUT2D eigenvalue weighted by atomic mass is 10.1. The Labute approximate surface area is 102 Å². The van der Waals surface area contributed by atoms with E-state index in [1.165, 1.54) is 0 Å². The fourth-order valence-electron chi connectivity index (χ4n) is 2.14. The summed E-state index contributed by atoms with van der Waals surface area (Å²) >= 11 is 0. The lowest BCUT2D eigenvalue weighted by Gasteiger charge is -2.22. The van der Waals surface area contributed by atoms with E-state index in [4.69, 9.17) is 18.9 Å². The molecule has 0 amide bonds. The number of rotatable bonds is 5. The van der Waals surface area contributed by atoms with Crippen molar-refractivity contribution in [1.29, 1.82) is 0 Å². The lowest BCUT2D eigenvalue weighted by Crippen LogP contribution is -2.36. The van der Waals surface area contributed by atoms with Crippen molar-refractivity contribution in [3.63, 3.8) is 0 Å². The molecule has 4 atom stereocenters. The van der Waals surface area contributed by atoms with E-state index in [2.05, 4.69) is 6.92 Å². The van der Waals surface area contributed by atoms with Crippen molar-refractivity contribution in [3.8, 4) is 0 Å². The normalized spacial score (nSPS) is 39.5. The van der Waals surface area contributed by atoms with Crippen LogP contribution in [0.3, 0.4) is 0 Å². The van der Waals surface area contributed by atoms with Gasteiger partial charge in [0.15, 0.2) is 12.1 Å². The number of aliphatic hydroxyl groups excluding tert-OH is 1. The first-order valence-electron chi connectivity index (χ1n) is 6.30. The summed E-state index contributed by atoms with van der Waals surface area (Å²) in [6.45, 7) is 6.83. The third kappa shape index (κ3) is 2.98. The van der Waals surface area contributed by atoms with Crippen LogP contribution in [0.4, 0.5) is 0 Å². The SMILES string of the molecule is CCCCOC[C@H]1O[C@@H]2OC(C)(C)OC2[C@H]1O. The smallest absolute Gasteiger partial charge is 0.190 e. The summed E-state index contributed by atoms with van der Waals surface area (Å²) in [5, 5.41) is 10.0. The number of unbranched alkanes of at least 4 members (excludes halogenated alkanes) is 1. The van der Waals surface area contributed by atoms with Crippen LogP contribution < -0.4 is 0 Å². The zero-order valence-electron chi connectivity index (χ0n) is 10.7. The molecule has 5 nitrogen and oxygen atoms in total. The molecule has 0 aliphatic carbocycles. The van der Waals surface area contributed by atoms with Crippen LogP contribution in [0.2, 0.25) is 0 Å². The Morgan fingerprint density at radius 2 is 2.06 bits per heavy atom. The summed E-state index contributed by atoms with van der Waals surface area (Å²) < 4.78 is 22.2. The Hall–Kier alpha value is -0.200. The topological polar surface area (TPSA) is 57.2 Å². The van der Waals surface area contributed by atoms with Crippen LogP contribution in [-0.2, 0) is 18.9 Å². The van der Waals surface area contributed by atoms with Gasteiger partial charge >= 0.3 is 0 Å². The van der Waals surface area contributed by atoms with Gasteiger partial charge in [0.25, 0.3) is 0 Å². The molecule has 0 saturated carbocycles. The summed E-state index contributed by atoms with van der Waals surface area (Å²) in [4.78, 5) is 0. The van der Waals surface area contributed by atoms with E-state index in [0.717, 1.165) is 12.8 Å². The van der Waals surface area contributed by atoms with E-state index in [9.17, 15) is 5.11 Å². The molecule has 0 spiro atoms.